The molecule has 0 fully saturated rings. The van der Waals surface area contributed by atoms with Gasteiger partial charge < -0.3 is 10.2 Å². The van der Waals surface area contributed by atoms with Crippen molar-refractivity contribution in [3.05, 3.63) is 77.2 Å². The molecule has 3 aromatic rings. The molecule has 7 heteroatoms. The molecule has 0 saturated heterocycles. The summed E-state index contributed by atoms with van der Waals surface area (Å²) in [6.07, 6.45) is 0.0984. The number of hydrogen-bond acceptors (Lipinski definition) is 3. The highest BCUT2D eigenvalue weighted by Crippen LogP contribution is 2.26. The van der Waals surface area contributed by atoms with Crippen molar-refractivity contribution < 1.29 is 14.0 Å². The molecule has 1 N–H and O–H groups in total. The van der Waals surface area contributed by atoms with Gasteiger partial charge in [-0.05, 0) is 50.6 Å². The van der Waals surface area contributed by atoms with Gasteiger partial charge in [0.25, 0.3) is 0 Å². The number of nitrogens with one attached hydrogen (secondary N) is 1. The summed E-state index contributed by atoms with van der Waals surface area (Å²) >= 11 is 0. The number of nitrogens with zero attached hydrogens (tertiary/aromatic N) is 3. The molecule has 0 atom stereocenters. The third-order valence-electron chi connectivity index (χ3n) is 5.55. The van der Waals surface area contributed by atoms with Gasteiger partial charge in [-0.25, -0.2) is 9.07 Å². The number of anilines is 1. The third-order valence-corrected chi connectivity index (χ3v) is 5.55. The first-order valence-electron chi connectivity index (χ1n) is 11.5. The standard InChI is InChI=1S/C27H33FN4O2/c1-18(2)31(26(34)15-20-9-11-21(28)12-10-20)17-25(33)29-24-16-23(27(4,5)6)30-32(24)22-13-7-19(3)8-14-22/h7-14,16,18H,15,17H2,1-6H3,(H,29,33). The molecule has 0 spiro atoms. The van der Waals surface area contributed by atoms with Gasteiger partial charge in [0.15, 0.2) is 0 Å². The molecule has 1 heterocycles. The lowest BCUT2D eigenvalue weighted by Gasteiger charge is -2.26. The molecule has 0 bridgehead atoms. The first-order chi connectivity index (χ1) is 15.9. The number of rotatable bonds is 7. The fourth-order valence-corrected chi connectivity index (χ4v) is 3.49. The second-order valence-electron chi connectivity index (χ2n) is 9.88. The van der Waals surface area contributed by atoms with E-state index in [-0.39, 0.29) is 42.1 Å². The lowest BCUT2D eigenvalue weighted by Crippen LogP contribution is -2.43. The zero-order valence-corrected chi connectivity index (χ0v) is 20.7. The largest absolute Gasteiger partial charge is 0.331 e. The maximum atomic E-state index is 13.2. The molecule has 0 aliphatic rings. The average molecular weight is 465 g/mol. The van der Waals surface area contributed by atoms with E-state index in [1.807, 2.05) is 51.1 Å². The smallest absolute Gasteiger partial charge is 0.245 e. The Balaban J connectivity index is 1.80. The molecule has 0 unspecified atom stereocenters. The minimum absolute atomic E-state index is 0.0956. The Morgan fingerprint density at radius 3 is 2.24 bits per heavy atom. The van der Waals surface area contributed by atoms with E-state index in [0.717, 1.165) is 16.9 Å². The van der Waals surface area contributed by atoms with Gasteiger partial charge in [-0.1, -0.05) is 50.6 Å². The topological polar surface area (TPSA) is 67.2 Å². The summed E-state index contributed by atoms with van der Waals surface area (Å²) in [4.78, 5) is 27.5. The van der Waals surface area contributed by atoms with Crippen LogP contribution in [0, 0.1) is 12.7 Å². The minimum Gasteiger partial charge on any atom is -0.331 e. The predicted molar refractivity (Wildman–Crippen MR) is 133 cm³/mol. The van der Waals surface area contributed by atoms with E-state index in [1.54, 1.807) is 16.8 Å². The van der Waals surface area contributed by atoms with Crippen LogP contribution in [0.4, 0.5) is 10.2 Å². The third kappa shape index (κ3) is 6.31. The monoisotopic (exact) mass is 464 g/mol. The number of aryl methyl sites for hydroxylation is 1. The predicted octanol–water partition coefficient (Wildman–Crippen LogP) is 5.04. The summed E-state index contributed by atoms with van der Waals surface area (Å²) in [6, 6.07) is 15.4. The van der Waals surface area contributed by atoms with E-state index >= 15 is 0 Å². The molecule has 0 radical (unpaired) electrons. The van der Waals surface area contributed by atoms with Crippen molar-refractivity contribution in [2.75, 3.05) is 11.9 Å². The van der Waals surface area contributed by atoms with Crippen LogP contribution >= 0.6 is 0 Å². The van der Waals surface area contributed by atoms with E-state index in [9.17, 15) is 14.0 Å². The Bertz CT molecular complexity index is 1140. The lowest BCUT2D eigenvalue weighted by molar-refractivity contribution is -0.135. The maximum Gasteiger partial charge on any atom is 0.245 e. The number of benzene rings is 2. The summed E-state index contributed by atoms with van der Waals surface area (Å²) in [5.41, 5.74) is 3.31. The molecule has 34 heavy (non-hydrogen) atoms. The number of aromatic nitrogens is 2. The van der Waals surface area contributed by atoms with E-state index in [2.05, 4.69) is 26.1 Å². The molecule has 3 rings (SSSR count). The number of carbonyl (C=O) groups excluding carboxylic acids is 2. The number of carbonyl (C=O) groups is 2. The second kappa shape index (κ2) is 10.2. The fourth-order valence-electron chi connectivity index (χ4n) is 3.49. The van der Waals surface area contributed by atoms with Crippen LogP contribution in [0.5, 0.6) is 0 Å². The highest BCUT2D eigenvalue weighted by molar-refractivity contribution is 5.94. The SMILES string of the molecule is Cc1ccc(-n2nc(C(C)(C)C)cc2NC(=O)CN(C(=O)Cc2ccc(F)cc2)C(C)C)cc1. The summed E-state index contributed by atoms with van der Waals surface area (Å²) in [7, 11) is 0. The van der Waals surface area contributed by atoms with Crippen LogP contribution in [0.2, 0.25) is 0 Å². The lowest BCUT2D eigenvalue weighted by atomic mass is 9.92. The van der Waals surface area contributed by atoms with Crippen molar-refractivity contribution in [2.24, 2.45) is 0 Å². The first-order valence-corrected chi connectivity index (χ1v) is 11.5. The number of halogens is 1. The summed E-state index contributed by atoms with van der Waals surface area (Å²) in [5, 5.41) is 7.68. The van der Waals surface area contributed by atoms with Crippen molar-refractivity contribution in [1.29, 1.82) is 0 Å². The molecule has 180 valence electrons. The van der Waals surface area contributed by atoms with Crippen molar-refractivity contribution in [1.82, 2.24) is 14.7 Å². The molecule has 2 aromatic carbocycles. The second-order valence-corrected chi connectivity index (χ2v) is 9.88. The molecule has 6 nitrogen and oxygen atoms in total. The zero-order valence-electron chi connectivity index (χ0n) is 20.7. The van der Waals surface area contributed by atoms with Gasteiger partial charge >= 0.3 is 0 Å². The fraction of sp³-hybridized carbons (Fsp3) is 0.370. The highest BCUT2D eigenvalue weighted by atomic mass is 19.1. The Kier molecular flexibility index (Phi) is 7.54. The van der Waals surface area contributed by atoms with E-state index in [0.29, 0.717) is 11.4 Å². The average Bonchev–Trinajstić information content (AvgIpc) is 3.18. The van der Waals surface area contributed by atoms with Crippen molar-refractivity contribution in [3.63, 3.8) is 0 Å². The van der Waals surface area contributed by atoms with Gasteiger partial charge in [0.05, 0.1) is 17.8 Å². The van der Waals surface area contributed by atoms with Crippen LogP contribution in [-0.2, 0) is 21.4 Å². The molecule has 2 amide bonds. The molecule has 1 aromatic heterocycles. The van der Waals surface area contributed by atoms with E-state index in [4.69, 9.17) is 5.10 Å². The number of hydrogen-bond donors (Lipinski definition) is 1. The molecule has 0 aliphatic heterocycles. The molecular formula is C27H33FN4O2. The van der Waals surface area contributed by atoms with Crippen molar-refractivity contribution in [3.8, 4) is 5.69 Å². The minimum atomic E-state index is -0.351. The zero-order chi connectivity index (χ0) is 25.0. The van der Waals surface area contributed by atoms with Crippen LogP contribution < -0.4 is 5.32 Å². The van der Waals surface area contributed by atoms with E-state index < -0.39 is 0 Å². The first kappa shape index (κ1) is 25.1. The Hall–Kier alpha value is -3.48. The van der Waals surface area contributed by atoms with Crippen molar-refractivity contribution in [2.45, 2.75) is 59.4 Å². The summed E-state index contributed by atoms with van der Waals surface area (Å²) in [5.74, 6) is -0.307. The van der Waals surface area contributed by atoms with Crippen molar-refractivity contribution >= 4 is 17.6 Å². The number of amides is 2. The van der Waals surface area contributed by atoms with Gasteiger partial charge in [-0.15, -0.1) is 0 Å². The van der Waals surface area contributed by atoms with Gasteiger partial charge in [-0.3, -0.25) is 9.59 Å². The molecule has 0 saturated carbocycles. The van der Waals surface area contributed by atoms with Crippen LogP contribution in [0.15, 0.2) is 54.6 Å². The van der Waals surface area contributed by atoms with E-state index in [1.165, 1.54) is 17.0 Å². The normalized spacial score (nSPS) is 11.5. The Morgan fingerprint density at radius 1 is 1.06 bits per heavy atom. The van der Waals surface area contributed by atoms with Crippen LogP contribution in [0.3, 0.4) is 0 Å². The quantitative estimate of drug-likeness (QED) is 0.533. The molecule has 0 aliphatic carbocycles. The molecular weight excluding hydrogens is 431 g/mol. The Morgan fingerprint density at radius 2 is 1.68 bits per heavy atom. The van der Waals surface area contributed by atoms with Gasteiger partial charge in [0.1, 0.15) is 18.2 Å². The highest BCUT2D eigenvalue weighted by Gasteiger charge is 2.24. The summed E-state index contributed by atoms with van der Waals surface area (Å²) in [6.45, 7) is 11.8. The maximum absolute atomic E-state index is 13.2. The van der Waals surface area contributed by atoms with Crippen LogP contribution in [0.25, 0.3) is 5.69 Å². The summed E-state index contributed by atoms with van der Waals surface area (Å²) < 4.78 is 14.9. The van der Waals surface area contributed by atoms with Crippen LogP contribution in [-0.4, -0.2) is 39.1 Å². The van der Waals surface area contributed by atoms with Gasteiger partial charge in [-0.2, -0.15) is 5.10 Å². The van der Waals surface area contributed by atoms with Gasteiger partial charge in [0.2, 0.25) is 11.8 Å². The Labute approximate surface area is 200 Å². The van der Waals surface area contributed by atoms with Crippen LogP contribution in [0.1, 0.15) is 51.4 Å². The van der Waals surface area contributed by atoms with Gasteiger partial charge in [0, 0.05) is 17.5 Å².